The first-order valence-electron chi connectivity index (χ1n) is 8.53. The molecule has 0 amide bonds. The van der Waals surface area contributed by atoms with Crippen LogP contribution >= 0.6 is 11.3 Å². The molecule has 2 aromatic heterocycles. The Kier molecular flexibility index (Phi) is 4.21. The predicted molar refractivity (Wildman–Crippen MR) is 101 cm³/mol. The maximum Gasteiger partial charge on any atom is 0.139 e. The van der Waals surface area contributed by atoms with E-state index in [1.54, 1.807) is 0 Å². The highest BCUT2D eigenvalue weighted by atomic mass is 32.1. The van der Waals surface area contributed by atoms with Crippen LogP contribution in [0.5, 0.6) is 0 Å². The van der Waals surface area contributed by atoms with Gasteiger partial charge in [-0.1, -0.05) is 44.2 Å². The number of nitrogens with zero attached hydrogens (tertiary/aromatic N) is 2. The molecule has 0 aliphatic carbocycles. The lowest BCUT2D eigenvalue weighted by Gasteiger charge is -2.15. The van der Waals surface area contributed by atoms with E-state index in [-0.39, 0.29) is 0 Å². The highest BCUT2D eigenvalue weighted by Gasteiger charge is 2.21. The fourth-order valence-electron chi connectivity index (χ4n) is 3.11. The van der Waals surface area contributed by atoms with Crippen molar-refractivity contribution in [2.75, 3.05) is 11.9 Å². The molecule has 4 rings (SSSR count). The molecule has 0 unspecified atom stereocenters. The van der Waals surface area contributed by atoms with Crippen molar-refractivity contribution in [3.8, 4) is 0 Å². The molecule has 24 heavy (non-hydrogen) atoms. The van der Waals surface area contributed by atoms with Gasteiger partial charge in [0.2, 0.25) is 0 Å². The lowest BCUT2D eigenvalue weighted by Crippen LogP contribution is -2.22. The van der Waals surface area contributed by atoms with Crippen LogP contribution in [0.3, 0.4) is 0 Å². The van der Waals surface area contributed by atoms with E-state index in [4.69, 9.17) is 9.97 Å². The zero-order chi connectivity index (χ0) is 16.5. The molecule has 1 aliphatic heterocycles. The predicted octanol–water partition coefficient (Wildman–Crippen LogP) is 4.07. The third-order valence-corrected chi connectivity index (χ3v) is 5.53. The maximum absolute atomic E-state index is 4.86. The second kappa shape index (κ2) is 6.49. The molecule has 3 aromatic rings. The molecule has 4 nitrogen and oxygen atoms in total. The third-order valence-electron chi connectivity index (χ3n) is 4.41. The Bertz CT molecular complexity index is 855. The summed E-state index contributed by atoms with van der Waals surface area (Å²) in [6.45, 7) is 7.07. The molecule has 124 valence electrons. The highest BCUT2D eigenvalue weighted by molar-refractivity contribution is 7.19. The fourth-order valence-corrected chi connectivity index (χ4v) is 4.31. The van der Waals surface area contributed by atoms with Crippen LogP contribution in [0.2, 0.25) is 0 Å². The molecule has 0 saturated heterocycles. The van der Waals surface area contributed by atoms with Crippen molar-refractivity contribution >= 4 is 27.4 Å². The van der Waals surface area contributed by atoms with Gasteiger partial charge in [-0.05, 0) is 24.1 Å². The number of nitrogens with one attached hydrogen (secondary N) is 2. The van der Waals surface area contributed by atoms with E-state index in [2.05, 4.69) is 48.7 Å². The molecule has 0 atom stereocenters. The van der Waals surface area contributed by atoms with Crippen molar-refractivity contribution in [1.29, 1.82) is 0 Å². The van der Waals surface area contributed by atoms with Crippen LogP contribution in [0, 0.1) is 0 Å². The average molecular weight is 338 g/mol. The molecule has 0 fully saturated rings. The van der Waals surface area contributed by atoms with Gasteiger partial charge < -0.3 is 10.6 Å². The van der Waals surface area contributed by atoms with Crippen molar-refractivity contribution in [1.82, 2.24) is 15.3 Å². The summed E-state index contributed by atoms with van der Waals surface area (Å²) < 4.78 is 0. The minimum atomic E-state index is 0.323. The van der Waals surface area contributed by atoms with Gasteiger partial charge in [0.25, 0.3) is 0 Å². The number of thiophene rings is 1. The van der Waals surface area contributed by atoms with Crippen molar-refractivity contribution < 1.29 is 0 Å². The molecule has 0 spiro atoms. The summed E-state index contributed by atoms with van der Waals surface area (Å²) in [5.74, 6) is 2.24. The van der Waals surface area contributed by atoms with Crippen LogP contribution in [0.25, 0.3) is 10.2 Å². The monoisotopic (exact) mass is 338 g/mol. The van der Waals surface area contributed by atoms with Crippen LogP contribution in [0.1, 0.15) is 41.6 Å². The van der Waals surface area contributed by atoms with E-state index in [1.807, 2.05) is 17.4 Å². The molecule has 0 bridgehead atoms. The number of anilines is 1. The molecule has 0 radical (unpaired) electrons. The highest BCUT2D eigenvalue weighted by Crippen LogP contribution is 2.37. The minimum Gasteiger partial charge on any atom is -0.365 e. The SMILES string of the molecule is CC(C)c1nc(NCc2ccccc2)c2c3c(sc2n1)CNCC3. The Hall–Kier alpha value is -1.98. The van der Waals surface area contributed by atoms with E-state index in [0.717, 1.165) is 42.5 Å². The number of aromatic nitrogens is 2. The van der Waals surface area contributed by atoms with E-state index in [9.17, 15) is 0 Å². The molecule has 1 aliphatic rings. The molecular weight excluding hydrogens is 316 g/mol. The number of hydrogen-bond donors (Lipinski definition) is 2. The van der Waals surface area contributed by atoms with Crippen LogP contribution in [0.4, 0.5) is 5.82 Å². The Morgan fingerprint density at radius 3 is 2.83 bits per heavy atom. The second-order valence-corrected chi connectivity index (χ2v) is 7.62. The summed E-state index contributed by atoms with van der Waals surface area (Å²) in [5, 5.41) is 8.26. The summed E-state index contributed by atoms with van der Waals surface area (Å²) in [6.07, 6.45) is 1.06. The first-order valence-corrected chi connectivity index (χ1v) is 9.34. The fraction of sp³-hybridized carbons (Fsp3) is 0.368. The lowest BCUT2D eigenvalue weighted by atomic mass is 10.1. The first kappa shape index (κ1) is 15.5. The van der Waals surface area contributed by atoms with Gasteiger partial charge in [0.05, 0.1) is 5.39 Å². The first-order chi connectivity index (χ1) is 11.7. The Morgan fingerprint density at radius 2 is 2.04 bits per heavy atom. The van der Waals surface area contributed by atoms with Gasteiger partial charge >= 0.3 is 0 Å². The van der Waals surface area contributed by atoms with Crippen molar-refractivity contribution in [2.45, 2.75) is 39.3 Å². The normalized spacial score (nSPS) is 14.1. The van der Waals surface area contributed by atoms with Crippen molar-refractivity contribution in [2.24, 2.45) is 0 Å². The van der Waals surface area contributed by atoms with E-state index in [0.29, 0.717) is 5.92 Å². The second-order valence-electron chi connectivity index (χ2n) is 6.53. The maximum atomic E-state index is 4.86. The lowest BCUT2D eigenvalue weighted by molar-refractivity contribution is 0.657. The van der Waals surface area contributed by atoms with Gasteiger partial charge in [-0.3, -0.25) is 0 Å². The van der Waals surface area contributed by atoms with Gasteiger partial charge in [0, 0.05) is 23.9 Å². The molecule has 1 aromatic carbocycles. The van der Waals surface area contributed by atoms with Gasteiger partial charge in [-0.2, -0.15) is 0 Å². The molecule has 3 heterocycles. The van der Waals surface area contributed by atoms with Crippen LogP contribution < -0.4 is 10.6 Å². The zero-order valence-electron chi connectivity index (χ0n) is 14.1. The van der Waals surface area contributed by atoms with E-state index in [1.165, 1.54) is 21.4 Å². The number of rotatable bonds is 4. The smallest absolute Gasteiger partial charge is 0.139 e. The summed E-state index contributed by atoms with van der Waals surface area (Å²) in [7, 11) is 0. The van der Waals surface area contributed by atoms with E-state index >= 15 is 0 Å². The van der Waals surface area contributed by atoms with Crippen LogP contribution in [-0.4, -0.2) is 16.5 Å². The Morgan fingerprint density at radius 1 is 1.21 bits per heavy atom. The Labute approximate surface area is 146 Å². The van der Waals surface area contributed by atoms with Crippen LogP contribution in [-0.2, 0) is 19.5 Å². The summed E-state index contributed by atoms with van der Waals surface area (Å²) in [5.41, 5.74) is 2.70. The molecule has 5 heteroatoms. The van der Waals surface area contributed by atoms with Gasteiger partial charge in [-0.15, -0.1) is 11.3 Å². The van der Waals surface area contributed by atoms with Crippen molar-refractivity contribution in [3.05, 3.63) is 52.2 Å². The van der Waals surface area contributed by atoms with Gasteiger partial charge in [-0.25, -0.2) is 9.97 Å². The third kappa shape index (κ3) is 2.89. The van der Waals surface area contributed by atoms with Gasteiger partial charge in [0.15, 0.2) is 0 Å². The Balaban J connectivity index is 1.77. The van der Waals surface area contributed by atoms with Gasteiger partial charge in [0.1, 0.15) is 16.5 Å². The summed E-state index contributed by atoms with van der Waals surface area (Å²) in [4.78, 5) is 12.2. The average Bonchev–Trinajstić information content (AvgIpc) is 2.99. The van der Waals surface area contributed by atoms with Crippen LogP contribution in [0.15, 0.2) is 30.3 Å². The topological polar surface area (TPSA) is 49.8 Å². The number of hydrogen-bond acceptors (Lipinski definition) is 5. The number of benzene rings is 1. The summed E-state index contributed by atoms with van der Waals surface area (Å²) in [6, 6.07) is 10.5. The molecular formula is C19H22N4S. The standard InChI is InChI=1S/C19H22N4S/c1-12(2)17-22-18(21-10-13-6-4-3-5-7-13)16-14-8-9-20-11-15(14)24-19(16)23-17/h3-7,12,20H,8-11H2,1-2H3,(H,21,22,23). The zero-order valence-corrected chi connectivity index (χ0v) is 14.9. The summed E-state index contributed by atoms with van der Waals surface area (Å²) >= 11 is 1.81. The van der Waals surface area contributed by atoms with E-state index < -0.39 is 0 Å². The quantitative estimate of drug-likeness (QED) is 0.753. The van der Waals surface area contributed by atoms with Crippen molar-refractivity contribution in [3.63, 3.8) is 0 Å². The number of fused-ring (bicyclic) bond motifs is 3. The largest absolute Gasteiger partial charge is 0.365 e. The minimum absolute atomic E-state index is 0.323. The molecule has 0 saturated carbocycles. The molecule has 2 N–H and O–H groups in total.